The van der Waals surface area contributed by atoms with E-state index >= 15 is 0 Å². The van der Waals surface area contributed by atoms with Crippen LogP contribution in [0.25, 0.3) is 0 Å². The number of rotatable bonds is 6. The molecule has 5 nitrogen and oxygen atoms in total. The molecule has 0 atom stereocenters. The molecule has 0 unspecified atom stereocenters. The lowest BCUT2D eigenvalue weighted by Gasteiger charge is -2.04. The molecule has 90 valence electrons. The Morgan fingerprint density at radius 3 is 2.75 bits per heavy atom. The summed E-state index contributed by atoms with van der Waals surface area (Å²) in [5.41, 5.74) is 0. The van der Waals surface area contributed by atoms with Crippen molar-refractivity contribution in [3.8, 4) is 0 Å². The lowest BCUT2D eigenvalue weighted by atomic mass is 10.3. The van der Waals surface area contributed by atoms with Crippen molar-refractivity contribution in [1.82, 2.24) is 4.72 Å². The van der Waals surface area contributed by atoms with Gasteiger partial charge < -0.3 is 5.11 Å². The van der Waals surface area contributed by atoms with Crippen LogP contribution in [0.3, 0.4) is 0 Å². The summed E-state index contributed by atoms with van der Waals surface area (Å²) < 4.78 is 26.4. The Morgan fingerprint density at radius 2 is 2.25 bits per heavy atom. The predicted molar refractivity (Wildman–Crippen MR) is 64.1 cm³/mol. The van der Waals surface area contributed by atoms with Crippen molar-refractivity contribution in [2.24, 2.45) is 0 Å². The van der Waals surface area contributed by atoms with Crippen LogP contribution in [0.1, 0.15) is 12.8 Å². The molecule has 2 N–H and O–H groups in total. The van der Waals surface area contributed by atoms with Gasteiger partial charge in [0.1, 0.15) is 4.21 Å². The maximum atomic E-state index is 11.7. The molecule has 0 amide bonds. The van der Waals surface area contributed by atoms with Gasteiger partial charge in [-0.25, -0.2) is 13.1 Å². The number of hydrogen-bond acceptors (Lipinski definition) is 4. The third-order valence-corrected chi connectivity index (χ3v) is 5.82. The number of carboxylic acid groups (broad SMARTS) is 1. The van der Waals surface area contributed by atoms with Gasteiger partial charge in [0.25, 0.3) is 10.0 Å². The number of thiophene rings is 1. The second kappa shape index (κ2) is 5.76. The summed E-state index contributed by atoms with van der Waals surface area (Å²) in [5, 5.41) is 10.1. The van der Waals surface area contributed by atoms with E-state index in [1.807, 2.05) is 0 Å². The molecule has 0 radical (unpaired) electrons. The summed E-state index contributed by atoms with van der Waals surface area (Å²) >= 11 is 4.24. The topological polar surface area (TPSA) is 83.5 Å². The SMILES string of the molecule is O=C(O)CCCNS(=O)(=O)c1sccc1Br. The van der Waals surface area contributed by atoms with Gasteiger partial charge in [0.05, 0.1) is 0 Å². The van der Waals surface area contributed by atoms with Gasteiger partial charge in [0, 0.05) is 17.4 Å². The van der Waals surface area contributed by atoms with E-state index in [0.717, 1.165) is 11.3 Å². The highest BCUT2D eigenvalue weighted by molar-refractivity contribution is 9.10. The van der Waals surface area contributed by atoms with Gasteiger partial charge in [-0.3, -0.25) is 4.79 Å². The van der Waals surface area contributed by atoms with Gasteiger partial charge in [-0.05, 0) is 33.8 Å². The molecule has 0 saturated heterocycles. The minimum absolute atomic E-state index is 0.0475. The molecule has 0 saturated carbocycles. The molecule has 1 rings (SSSR count). The Kier molecular flexibility index (Phi) is 4.90. The van der Waals surface area contributed by atoms with Crippen LogP contribution in [0.5, 0.6) is 0 Å². The highest BCUT2D eigenvalue weighted by Gasteiger charge is 2.18. The average molecular weight is 328 g/mol. The van der Waals surface area contributed by atoms with Crippen molar-refractivity contribution in [1.29, 1.82) is 0 Å². The van der Waals surface area contributed by atoms with E-state index in [2.05, 4.69) is 20.7 Å². The van der Waals surface area contributed by atoms with Crippen LogP contribution >= 0.6 is 27.3 Å². The van der Waals surface area contributed by atoms with Gasteiger partial charge in [-0.1, -0.05) is 0 Å². The number of sulfonamides is 1. The summed E-state index contributed by atoms with van der Waals surface area (Å²) in [5.74, 6) is -0.934. The van der Waals surface area contributed by atoms with Crippen LogP contribution in [0.15, 0.2) is 20.1 Å². The minimum atomic E-state index is -3.52. The monoisotopic (exact) mass is 327 g/mol. The first-order valence-electron chi connectivity index (χ1n) is 4.38. The molecular formula is C8H10BrNO4S2. The van der Waals surface area contributed by atoms with Crippen LogP contribution in [0.4, 0.5) is 0 Å². The second-order valence-electron chi connectivity index (χ2n) is 2.95. The molecule has 1 aromatic rings. The summed E-state index contributed by atoms with van der Waals surface area (Å²) in [7, 11) is -3.52. The molecule has 8 heteroatoms. The van der Waals surface area contributed by atoms with E-state index in [0.29, 0.717) is 4.47 Å². The van der Waals surface area contributed by atoms with E-state index in [1.165, 1.54) is 0 Å². The zero-order chi connectivity index (χ0) is 12.2. The predicted octanol–water partition coefficient (Wildman–Crippen LogP) is 1.65. The first-order chi connectivity index (χ1) is 7.43. The average Bonchev–Trinajstić information content (AvgIpc) is 2.59. The van der Waals surface area contributed by atoms with E-state index < -0.39 is 16.0 Å². The molecule has 0 aromatic carbocycles. The highest BCUT2D eigenvalue weighted by Crippen LogP contribution is 2.27. The molecule has 16 heavy (non-hydrogen) atoms. The van der Waals surface area contributed by atoms with Crippen LogP contribution < -0.4 is 4.72 Å². The van der Waals surface area contributed by atoms with Gasteiger partial charge in [0.15, 0.2) is 0 Å². The molecule has 0 aliphatic rings. The fourth-order valence-corrected chi connectivity index (χ4v) is 4.44. The van der Waals surface area contributed by atoms with Crippen molar-refractivity contribution in [2.75, 3.05) is 6.54 Å². The summed E-state index contributed by atoms with van der Waals surface area (Å²) in [6.07, 6.45) is 0.228. The second-order valence-corrected chi connectivity index (χ2v) is 6.68. The van der Waals surface area contributed by atoms with Crippen molar-refractivity contribution in [3.05, 3.63) is 15.9 Å². The van der Waals surface area contributed by atoms with Crippen LogP contribution in [-0.4, -0.2) is 26.0 Å². The maximum absolute atomic E-state index is 11.7. The largest absolute Gasteiger partial charge is 0.481 e. The maximum Gasteiger partial charge on any atom is 0.303 e. The van der Waals surface area contributed by atoms with E-state index in [-0.39, 0.29) is 23.6 Å². The van der Waals surface area contributed by atoms with E-state index in [4.69, 9.17) is 5.11 Å². The molecule has 0 aliphatic heterocycles. The number of halogens is 1. The number of carboxylic acids is 1. The van der Waals surface area contributed by atoms with Gasteiger partial charge in [-0.2, -0.15) is 0 Å². The van der Waals surface area contributed by atoms with Gasteiger partial charge in [0.2, 0.25) is 0 Å². The normalized spacial score (nSPS) is 11.6. The third-order valence-electron chi connectivity index (χ3n) is 1.69. The minimum Gasteiger partial charge on any atom is -0.481 e. The molecule has 1 heterocycles. The fourth-order valence-electron chi connectivity index (χ4n) is 0.983. The van der Waals surface area contributed by atoms with Crippen molar-refractivity contribution >= 4 is 43.3 Å². The fraction of sp³-hybridized carbons (Fsp3) is 0.375. The Labute approximate surface area is 106 Å². The Balaban J connectivity index is 2.54. The Bertz CT molecular complexity index is 468. The molecular weight excluding hydrogens is 318 g/mol. The number of hydrogen-bond donors (Lipinski definition) is 2. The van der Waals surface area contributed by atoms with Gasteiger partial charge in [-0.15, -0.1) is 11.3 Å². The zero-order valence-corrected chi connectivity index (χ0v) is 11.4. The van der Waals surface area contributed by atoms with Crippen molar-refractivity contribution in [3.63, 3.8) is 0 Å². The number of nitrogens with one attached hydrogen (secondary N) is 1. The summed E-state index contributed by atoms with van der Waals surface area (Å²) in [6, 6.07) is 1.65. The zero-order valence-electron chi connectivity index (χ0n) is 8.14. The standard InChI is InChI=1S/C8H10BrNO4S2/c9-6-3-5-15-8(6)16(13,14)10-4-1-2-7(11)12/h3,5,10H,1-2,4H2,(H,11,12). The first kappa shape index (κ1) is 13.6. The van der Waals surface area contributed by atoms with Crippen LogP contribution in [-0.2, 0) is 14.8 Å². The smallest absolute Gasteiger partial charge is 0.303 e. The van der Waals surface area contributed by atoms with E-state index in [1.54, 1.807) is 11.4 Å². The number of aliphatic carboxylic acids is 1. The van der Waals surface area contributed by atoms with Crippen molar-refractivity contribution < 1.29 is 18.3 Å². The highest BCUT2D eigenvalue weighted by atomic mass is 79.9. The first-order valence-corrected chi connectivity index (χ1v) is 7.53. The lowest BCUT2D eigenvalue weighted by molar-refractivity contribution is -0.137. The van der Waals surface area contributed by atoms with Crippen LogP contribution in [0.2, 0.25) is 0 Å². The molecule has 1 aromatic heterocycles. The molecule has 0 aliphatic carbocycles. The Morgan fingerprint density at radius 1 is 1.56 bits per heavy atom. The quantitative estimate of drug-likeness (QED) is 0.778. The van der Waals surface area contributed by atoms with Gasteiger partial charge >= 0.3 is 5.97 Å². The third kappa shape index (κ3) is 3.85. The molecule has 0 fully saturated rings. The Hall–Kier alpha value is -0.440. The van der Waals surface area contributed by atoms with Crippen LogP contribution in [0, 0.1) is 0 Å². The van der Waals surface area contributed by atoms with E-state index in [9.17, 15) is 13.2 Å². The molecule has 0 bridgehead atoms. The number of carbonyl (C=O) groups is 1. The summed E-state index contributed by atoms with van der Waals surface area (Å²) in [4.78, 5) is 10.2. The molecule has 0 spiro atoms. The van der Waals surface area contributed by atoms with Crippen molar-refractivity contribution in [2.45, 2.75) is 17.1 Å². The summed E-state index contributed by atoms with van der Waals surface area (Å²) in [6.45, 7) is 0.124. The lowest BCUT2D eigenvalue weighted by Crippen LogP contribution is -2.24.